The fraction of sp³-hybridized carbons (Fsp3) is 0.757. The Kier molecular flexibility index (Phi) is 7.14. The number of fused-ring (bicyclic) bond motifs is 7. The van der Waals surface area contributed by atoms with Crippen molar-refractivity contribution in [1.82, 2.24) is 5.32 Å². The summed E-state index contributed by atoms with van der Waals surface area (Å²) in [7, 11) is 0. The van der Waals surface area contributed by atoms with Gasteiger partial charge < -0.3 is 10.4 Å². The lowest BCUT2D eigenvalue weighted by atomic mass is 9.33. The van der Waals surface area contributed by atoms with Crippen molar-refractivity contribution < 1.29 is 9.90 Å². The first-order chi connectivity index (χ1) is 19.2. The Morgan fingerprint density at radius 3 is 2.34 bits per heavy atom. The molecule has 5 aliphatic carbocycles. The number of nitrogens with one attached hydrogen (secondary N) is 1. The lowest BCUT2D eigenvalue weighted by molar-refractivity contribution is -0.204. The maximum Gasteiger partial charge on any atom is 0.227 e. The van der Waals surface area contributed by atoms with Crippen LogP contribution in [0.5, 0.6) is 0 Å². The number of aliphatic hydroxyl groups is 1. The number of hydrogen-bond donors (Lipinski definition) is 2. The number of aliphatic hydroxyl groups excluding tert-OH is 1. The monoisotopic (exact) mass is 579 g/mol. The largest absolute Gasteiger partial charge is 0.393 e. The first-order valence-corrected chi connectivity index (χ1v) is 17.0. The van der Waals surface area contributed by atoms with Crippen LogP contribution in [0.3, 0.4) is 0 Å². The minimum absolute atomic E-state index is 0.0313. The molecule has 1 aromatic carbocycles. The van der Waals surface area contributed by atoms with E-state index in [1.165, 1.54) is 12.8 Å². The van der Waals surface area contributed by atoms with E-state index in [1.54, 1.807) is 5.57 Å². The van der Waals surface area contributed by atoms with E-state index in [4.69, 9.17) is 11.6 Å². The topological polar surface area (TPSA) is 49.3 Å². The van der Waals surface area contributed by atoms with Gasteiger partial charge in [0.25, 0.3) is 0 Å². The van der Waals surface area contributed by atoms with E-state index in [0.29, 0.717) is 36.1 Å². The Morgan fingerprint density at radius 2 is 1.63 bits per heavy atom. The Morgan fingerprint density at radius 1 is 0.927 bits per heavy atom. The number of hydrogen-bond acceptors (Lipinski definition) is 2. The summed E-state index contributed by atoms with van der Waals surface area (Å²) in [6, 6.07) is 7.87. The average molecular weight is 580 g/mol. The predicted octanol–water partition coefficient (Wildman–Crippen LogP) is 8.97. The highest BCUT2D eigenvalue weighted by atomic mass is 35.5. The Balaban J connectivity index is 1.36. The van der Waals surface area contributed by atoms with Gasteiger partial charge in [0.15, 0.2) is 0 Å². The van der Waals surface area contributed by atoms with E-state index in [1.807, 2.05) is 24.3 Å². The van der Waals surface area contributed by atoms with Crippen LogP contribution in [0.25, 0.3) is 0 Å². The second-order valence-corrected chi connectivity index (χ2v) is 16.9. The molecule has 4 saturated carbocycles. The van der Waals surface area contributed by atoms with Crippen LogP contribution in [0.1, 0.15) is 112 Å². The van der Waals surface area contributed by atoms with Gasteiger partial charge in [-0.2, -0.15) is 0 Å². The highest BCUT2D eigenvalue weighted by Crippen LogP contribution is 2.75. The fourth-order valence-corrected chi connectivity index (χ4v) is 12.0. The normalized spacial score (nSPS) is 46.7. The van der Waals surface area contributed by atoms with Gasteiger partial charge in [-0.3, -0.25) is 4.79 Å². The predicted molar refractivity (Wildman–Crippen MR) is 168 cm³/mol. The quantitative estimate of drug-likeness (QED) is 0.351. The van der Waals surface area contributed by atoms with Gasteiger partial charge in [0.2, 0.25) is 5.91 Å². The number of carbonyl (C=O) groups is 1. The summed E-state index contributed by atoms with van der Waals surface area (Å²) in [5.41, 5.74) is 2.96. The third-order valence-corrected chi connectivity index (χ3v) is 15.0. The zero-order chi connectivity index (χ0) is 29.6. The second-order valence-electron chi connectivity index (χ2n) is 16.5. The highest BCUT2D eigenvalue weighted by Gasteiger charge is 2.69. The number of benzene rings is 1. The van der Waals surface area contributed by atoms with Crippen LogP contribution in [-0.4, -0.2) is 17.1 Å². The van der Waals surface area contributed by atoms with Gasteiger partial charge >= 0.3 is 0 Å². The molecule has 4 fully saturated rings. The van der Waals surface area contributed by atoms with Crippen LogP contribution in [-0.2, 0) is 11.3 Å². The molecule has 6 rings (SSSR count). The third-order valence-electron chi connectivity index (χ3n) is 14.8. The van der Waals surface area contributed by atoms with Gasteiger partial charge in [-0.05, 0) is 127 Å². The van der Waals surface area contributed by atoms with E-state index < -0.39 is 0 Å². The maximum atomic E-state index is 14.3. The zero-order valence-corrected chi connectivity index (χ0v) is 27.4. The molecule has 0 saturated heterocycles. The van der Waals surface area contributed by atoms with Gasteiger partial charge in [0.05, 0.1) is 11.5 Å². The van der Waals surface area contributed by atoms with Crippen molar-refractivity contribution in [1.29, 1.82) is 0 Å². The van der Waals surface area contributed by atoms with Crippen molar-refractivity contribution >= 4 is 17.5 Å². The van der Waals surface area contributed by atoms with Crippen molar-refractivity contribution in [3.05, 3.63) is 46.5 Å². The van der Waals surface area contributed by atoms with Crippen LogP contribution in [0.15, 0.2) is 35.9 Å². The molecule has 0 spiro atoms. The number of allylic oxidation sites excluding steroid dienone is 2. The van der Waals surface area contributed by atoms with Crippen molar-refractivity contribution in [3.63, 3.8) is 0 Å². The summed E-state index contributed by atoms with van der Waals surface area (Å²) in [4.78, 5) is 14.3. The molecule has 10 atom stereocenters. The minimum atomic E-state index is -0.315. The molecule has 0 heterocycles. The smallest absolute Gasteiger partial charge is 0.227 e. The van der Waals surface area contributed by atoms with Gasteiger partial charge in [-0.25, -0.2) is 0 Å². The second kappa shape index (κ2) is 9.85. The molecule has 0 aromatic heterocycles. The summed E-state index contributed by atoms with van der Waals surface area (Å²) in [6.07, 6.45) is 12.3. The highest BCUT2D eigenvalue weighted by molar-refractivity contribution is 6.30. The Bertz CT molecular complexity index is 1220. The molecule has 1 aromatic rings. The van der Waals surface area contributed by atoms with Crippen molar-refractivity contribution in [2.24, 2.45) is 56.7 Å². The molecule has 0 unspecified atom stereocenters. The molecule has 0 bridgehead atoms. The van der Waals surface area contributed by atoms with Gasteiger partial charge in [-0.1, -0.05) is 83.8 Å². The Hall–Kier alpha value is -1.32. The van der Waals surface area contributed by atoms with Crippen molar-refractivity contribution in [2.45, 2.75) is 119 Å². The standard InChI is InChI=1S/C37H54ClNO2/c1-23-14-19-37(32(41)39-22-25-8-10-26(38)11-9-25)21-20-35(6)27(31(37)24(23)2)12-13-29-34(5)17-16-30(40)33(3,4)28(34)15-18-36(29,35)7/h8-12,23-24,28-31,40H,13-22H2,1-7H3,(H,39,41)/t23-,24+,28+,29-,30+,31+,34+,35-,36-,37+/m1/s1. The molecule has 4 heteroatoms. The van der Waals surface area contributed by atoms with Gasteiger partial charge in [0.1, 0.15) is 0 Å². The van der Waals surface area contributed by atoms with Crippen molar-refractivity contribution in [3.8, 4) is 0 Å². The molecule has 0 aliphatic heterocycles. The average Bonchev–Trinajstić information content (AvgIpc) is 2.93. The van der Waals surface area contributed by atoms with Gasteiger partial charge in [0, 0.05) is 11.6 Å². The summed E-state index contributed by atoms with van der Waals surface area (Å²) in [6.45, 7) is 17.9. The van der Waals surface area contributed by atoms with Crippen LogP contribution in [0.4, 0.5) is 0 Å². The SMILES string of the molecule is C[C@H]1[C@H](C)CC[C@]2(C(=O)NCc3ccc(Cl)cc3)CC[C@]3(C)C(=CC[C@@H]4[C@@]5(C)CC[C@H](O)C(C)(C)[C@@H]5CC[C@]43C)[C@H]12. The van der Waals surface area contributed by atoms with E-state index in [2.05, 4.69) is 59.9 Å². The first kappa shape index (κ1) is 29.7. The molecule has 41 heavy (non-hydrogen) atoms. The van der Waals surface area contributed by atoms with Crippen LogP contribution < -0.4 is 5.32 Å². The molecule has 5 aliphatic rings. The maximum absolute atomic E-state index is 14.3. The Labute approximate surface area is 254 Å². The number of rotatable bonds is 3. The van der Waals surface area contributed by atoms with E-state index >= 15 is 0 Å². The zero-order valence-electron chi connectivity index (χ0n) is 26.7. The van der Waals surface area contributed by atoms with Crippen LogP contribution in [0.2, 0.25) is 5.02 Å². The molecule has 226 valence electrons. The minimum Gasteiger partial charge on any atom is -0.393 e. The summed E-state index contributed by atoms with van der Waals surface area (Å²) < 4.78 is 0. The number of amides is 1. The third kappa shape index (κ3) is 4.10. The fourth-order valence-electron chi connectivity index (χ4n) is 11.8. The van der Waals surface area contributed by atoms with E-state index in [-0.39, 0.29) is 39.1 Å². The molecular formula is C37H54ClNO2. The molecule has 2 N–H and O–H groups in total. The van der Waals surface area contributed by atoms with Gasteiger partial charge in [-0.15, -0.1) is 0 Å². The van der Waals surface area contributed by atoms with Crippen LogP contribution in [0, 0.1) is 56.7 Å². The summed E-state index contributed by atoms with van der Waals surface area (Å²) >= 11 is 6.12. The van der Waals surface area contributed by atoms with Crippen molar-refractivity contribution in [2.75, 3.05) is 0 Å². The number of carbonyl (C=O) groups excluding carboxylic acids is 1. The molecule has 3 nitrogen and oxygen atoms in total. The summed E-state index contributed by atoms with van der Waals surface area (Å²) in [5.74, 6) is 2.88. The van der Waals surface area contributed by atoms with E-state index in [0.717, 1.165) is 55.5 Å². The number of halogens is 1. The van der Waals surface area contributed by atoms with E-state index in [9.17, 15) is 9.90 Å². The summed E-state index contributed by atoms with van der Waals surface area (Å²) in [5, 5.41) is 15.2. The van der Waals surface area contributed by atoms with Crippen LogP contribution >= 0.6 is 11.6 Å². The molecule has 1 amide bonds. The lowest BCUT2D eigenvalue weighted by Crippen LogP contribution is -2.66. The molecular weight excluding hydrogens is 526 g/mol. The first-order valence-electron chi connectivity index (χ1n) is 16.6. The lowest BCUT2D eigenvalue weighted by Gasteiger charge is -2.71. The molecule has 0 radical (unpaired) electrons.